The van der Waals surface area contributed by atoms with Crippen molar-refractivity contribution in [3.63, 3.8) is 0 Å². The van der Waals surface area contributed by atoms with Crippen molar-refractivity contribution in [1.82, 2.24) is 0 Å². The van der Waals surface area contributed by atoms with Crippen LogP contribution in [0.2, 0.25) is 0 Å². The fraction of sp³-hybridized carbons (Fsp3) is 0.100. The van der Waals surface area contributed by atoms with E-state index in [1.807, 2.05) is 0 Å². The summed E-state index contributed by atoms with van der Waals surface area (Å²) in [6.45, 7) is 3.32. The summed E-state index contributed by atoms with van der Waals surface area (Å²) < 4.78 is 57.7. The van der Waals surface area contributed by atoms with Gasteiger partial charge in [0.15, 0.2) is 0 Å². The molecule has 0 heterocycles. The molecule has 0 unspecified atom stereocenters. The average molecular weight is 415 g/mol. The van der Waals surface area contributed by atoms with Crippen molar-refractivity contribution in [2.24, 2.45) is 8.80 Å². The van der Waals surface area contributed by atoms with Gasteiger partial charge in [-0.3, -0.25) is 0 Å². The highest BCUT2D eigenvalue weighted by atomic mass is 32.2. The van der Waals surface area contributed by atoms with E-state index in [-0.39, 0.29) is 21.2 Å². The number of nitrogens with zero attached hydrogens (tertiary/aromatic N) is 2. The number of hydrogen-bond acceptors (Lipinski definition) is 4. The fourth-order valence-corrected chi connectivity index (χ4v) is 4.66. The van der Waals surface area contributed by atoms with Gasteiger partial charge in [-0.1, -0.05) is 36.4 Å². The van der Waals surface area contributed by atoms with E-state index in [4.69, 9.17) is 0 Å². The SMILES string of the molecule is CC1=CC(=N/S(=O)(=O)c2ccccc2)/C(C)=CC/1=N/S(=O)(=O)c1ccccc1. The second-order valence-electron chi connectivity index (χ2n) is 6.18. The highest BCUT2D eigenvalue weighted by Crippen LogP contribution is 2.20. The average Bonchev–Trinajstić information content (AvgIpc) is 2.67. The Morgan fingerprint density at radius 3 is 1.21 bits per heavy atom. The largest absolute Gasteiger partial charge is 0.282 e. The molecule has 0 aromatic heterocycles. The zero-order valence-corrected chi connectivity index (χ0v) is 16.9. The smallest absolute Gasteiger partial charge is 0.199 e. The van der Waals surface area contributed by atoms with Crippen molar-refractivity contribution in [2.75, 3.05) is 0 Å². The first-order chi connectivity index (χ1) is 13.2. The maximum Gasteiger partial charge on any atom is 0.282 e. The molecule has 6 nitrogen and oxygen atoms in total. The van der Waals surface area contributed by atoms with Crippen LogP contribution < -0.4 is 0 Å². The fourth-order valence-electron chi connectivity index (χ4n) is 2.53. The molecule has 0 fully saturated rings. The van der Waals surface area contributed by atoms with E-state index >= 15 is 0 Å². The van der Waals surface area contributed by atoms with Crippen molar-refractivity contribution in [2.45, 2.75) is 23.6 Å². The van der Waals surface area contributed by atoms with Gasteiger partial charge < -0.3 is 0 Å². The molecular weight excluding hydrogens is 396 g/mol. The molecule has 0 atom stereocenters. The molecule has 0 spiro atoms. The van der Waals surface area contributed by atoms with Crippen molar-refractivity contribution >= 4 is 31.5 Å². The number of allylic oxidation sites excluding steroid dienone is 4. The van der Waals surface area contributed by atoms with Gasteiger partial charge >= 0.3 is 0 Å². The van der Waals surface area contributed by atoms with Crippen LogP contribution in [0.15, 0.2) is 103 Å². The summed E-state index contributed by atoms with van der Waals surface area (Å²) in [5.41, 5.74) is 1.51. The second-order valence-corrected chi connectivity index (χ2v) is 9.39. The first kappa shape index (κ1) is 19.9. The van der Waals surface area contributed by atoms with Crippen LogP contribution in [0.25, 0.3) is 0 Å². The number of rotatable bonds is 4. The molecule has 1 aliphatic rings. The quantitative estimate of drug-likeness (QED) is 0.715. The van der Waals surface area contributed by atoms with Crippen molar-refractivity contribution in [1.29, 1.82) is 0 Å². The Morgan fingerprint density at radius 1 is 0.571 bits per heavy atom. The van der Waals surface area contributed by atoms with Gasteiger partial charge in [-0.25, -0.2) is 0 Å². The van der Waals surface area contributed by atoms with Crippen LogP contribution in [0.5, 0.6) is 0 Å². The third-order valence-corrected chi connectivity index (χ3v) is 6.64. The van der Waals surface area contributed by atoms with Gasteiger partial charge in [0.1, 0.15) is 0 Å². The lowest BCUT2D eigenvalue weighted by Gasteiger charge is -2.13. The topological polar surface area (TPSA) is 93.0 Å². The normalized spacial score (nSPS) is 18.1. The Hall–Kier alpha value is -2.84. The van der Waals surface area contributed by atoms with Crippen molar-refractivity contribution in [3.8, 4) is 0 Å². The minimum atomic E-state index is -3.87. The number of sulfonamides is 2. The molecule has 1 aliphatic carbocycles. The highest BCUT2D eigenvalue weighted by molar-refractivity contribution is 7.90. The van der Waals surface area contributed by atoms with Crippen LogP contribution in [-0.4, -0.2) is 28.3 Å². The molecule has 0 radical (unpaired) electrons. The molecular formula is C20H18N2O4S2. The summed E-state index contributed by atoms with van der Waals surface area (Å²) >= 11 is 0. The van der Waals surface area contributed by atoms with E-state index in [0.717, 1.165) is 0 Å². The molecule has 8 heteroatoms. The van der Waals surface area contributed by atoms with E-state index in [1.165, 1.54) is 36.4 Å². The Morgan fingerprint density at radius 2 is 0.893 bits per heavy atom. The molecule has 0 amide bonds. The molecule has 144 valence electrons. The monoisotopic (exact) mass is 414 g/mol. The molecule has 0 saturated heterocycles. The standard InChI is InChI=1S/C20H18N2O4S2/c1-15-13-20(22-28(25,26)18-11-7-4-8-12-18)16(2)14-19(15)21-27(23,24)17-9-5-3-6-10-17/h3-14H,1-2H3/b21-19-,22-20-. The minimum Gasteiger partial charge on any atom is -0.199 e. The molecule has 0 N–H and O–H groups in total. The highest BCUT2D eigenvalue weighted by Gasteiger charge is 2.20. The van der Waals surface area contributed by atoms with E-state index in [2.05, 4.69) is 8.80 Å². The van der Waals surface area contributed by atoms with E-state index in [1.54, 1.807) is 50.2 Å². The van der Waals surface area contributed by atoms with Gasteiger partial charge in [0.2, 0.25) is 0 Å². The lowest BCUT2D eigenvalue weighted by Crippen LogP contribution is -2.14. The van der Waals surface area contributed by atoms with Gasteiger partial charge in [0.25, 0.3) is 20.0 Å². The van der Waals surface area contributed by atoms with E-state index in [0.29, 0.717) is 11.1 Å². The lowest BCUT2D eigenvalue weighted by atomic mass is 9.98. The van der Waals surface area contributed by atoms with Gasteiger partial charge in [0, 0.05) is 0 Å². The Labute approximate surface area is 164 Å². The third kappa shape index (κ3) is 4.35. The summed E-state index contributed by atoms with van der Waals surface area (Å²) in [7, 11) is -7.73. The predicted molar refractivity (Wildman–Crippen MR) is 110 cm³/mol. The van der Waals surface area contributed by atoms with Crippen LogP contribution in [-0.2, 0) is 20.0 Å². The summed E-state index contributed by atoms with van der Waals surface area (Å²) in [5, 5.41) is 0. The van der Waals surface area contributed by atoms with Crippen LogP contribution >= 0.6 is 0 Å². The predicted octanol–water partition coefficient (Wildman–Crippen LogP) is 3.55. The summed E-state index contributed by atoms with van der Waals surface area (Å²) in [4.78, 5) is 0.181. The molecule has 0 saturated carbocycles. The van der Waals surface area contributed by atoms with Crippen LogP contribution in [0, 0.1) is 0 Å². The van der Waals surface area contributed by atoms with Crippen molar-refractivity contribution < 1.29 is 16.8 Å². The number of benzene rings is 2. The Kier molecular flexibility index (Phi) is 5.44. The summed E-state index contributed by atoms with van der Waals surface area (Å²) in [5.74, 6) is 0. The van der Waals surface area contributed by atoms with Crippen LogP contribution in [0.3, 0.4) is 0 Å². The minimum absolute atomic E-state index is 0.0903. The number of hydrogen-bond donors (Lipinski definition) is 0. The zero-order chi connectivity index (χ0) is 20.4. The molecule has 2 aromatic rings. The van der Waals surface area contributed by atoms with Gasteiger partial charge in [-0.15, -0.1) is 0 Å². The van der Waals surface area contributed by atoms with Crippen LogP contribution in [0.4, 0.5) is 0 Å². The first-order valence-corrected chi connectivity index (χ1v) is 11.2. The molecule has 2 aromatic carbocycles. The third-order valence-electron chi connectivity index (χ3n) is 4.03. The van der Waals surface area contributed by atoms with Gasteiger partial charge in [-0.2, -0.15) is 25.6 Å². The molecule has 0 bridgehead atoms. The zero-order valence-electron chi connectivity index (χ0n) is 15.3. The maximum atomic E-state index is 12.5. The summed E-state index contributed by atoms with van der Waals surface area (Å²) in [6, 6.07) is 15.8. The van der Waals surface area contributed by atoms with Gasteiger partial charge in [0.05, 0.1) is 21.2 Å². The molecule has 3 rings (SSSR count). The van der Waals surface area contributed by atoms with E-state index < -0.39 is 20.0 Å². The maximum absolute atomic E-state index is 12.5. The second kappa shape index (κ2) is 7.65. The first-order valence-electron chi connectivity index (χ1n) is 8.36. The van der Waals surface area contributed by atoms with Crippen molar-refractivity contribution in [3.05, 3.63) is 84.0 Å². The lowest BCUT2D eigenvalue weighted by molar-refractivity contribution is 0.596. The Balaban J connectivity index is 1.99. The molecule has 28 heavy (non-hydrogen) atoms. The Bertz CT molecular complexity index is 1120. The van der Waals surface area contributed by atoms with Crippen LogP contribution in [0.1, 0.15) is 13.8 Å². The van der Waals surface area contributed by atoms with Gasteiger partial charge in [-0.05, 0) is 61.4 Å². The van der Waals surface area contributed by atoms with E-state index in [9.17, 15) is 16.8 Å². The molecule has 0 aliphatic heterocycles. The summed E-state index contributed by atoms with van der Waals surface area (Å²) in [6.07, 6.45) is 3.05.